The van der Waals surface area contributed by atoms with Gasteiger partial charge in [0, 0.05) is 22.1 Å². The molecule has 3 aromatic rings. The van der Waals surface area contributed by atoms with Crippen LogP contribution in [0.25, 0.3) is 5.69 Å². The maximum atomic E-state index is 13.2. The highest BCUT2D eigenvalue weighted by Crippen LogP contribution is 2.21. The summed E-state index contributed by atoms with van der Waals surface area (Å²) in [7, 11) is 0. The molecule has 0 aliphatic carbocycles. The van der Waals surface area contributed by atoms with E-state index in [4.69, 9.17) is 11.6 Å². The van der Waals surface area contributed by atoms with Crippen LogP contribution in [0.4, 0.5) is 4.39 Å². The smallest absolute Gasteiger partial charge is 0.273 e. The van der Waals surface area contributed by atoms with Gasteiger partial charge in [-0.25, -0.2) is 9.82 Å². The molecule has 0 atom stereocenters. The highest BCUT2D eigenvalue weighted by Gasteiger charge is 2.16. The Morgan fingerprint density at radius 1 is 1.07 bits per heavy atom. The predicted molar refractivity (Wildman–Crippen MR) is 106 cm³/mol. The SMILES string of the molecule is CC(=NNC(=O)c1cc(C)n(-c2ccc(F)cc2)c1C)c1ccc(Cl)cc1. The van der Waals surface area contributed by atoms with Gasteiger partial charge >= 0.3 is 0 Å². The standard InChI is InChI=1S/C21H19ClFN3O/c1-13-12-20(15(3)26(13)19-10-8-18(23)9-11-19)21(27)25-24-14(2)16-4-6-17(22)7-5-16/h4-12H,1-3H3,(H,25,27). The van der Waals surface area contributed by atoms with E-state index in [1.54, 1.807) is 30.3 Å². The van der Waals surface area contributed by atoms with Gasteiger partial charge in [0.2, 0.25) is 0 Å². The number of hydrazone groups is 1. The van der Waals surface area contributed by atoms with Crippen molar-refractivity contribution in [2.24, 2.45) is 5.10 Å². The molecule has 138 valence electrons. The lowest BCUT2D eigenvalue weighted by atomic mass is 10.1. The minimum absolute atomic E-state index is 0.300. The van der Waals surface area contributed by atoms with E-state index in [0.717, 1.165) is 22.6 Å². The van der Waals surface area contributed by atoms with Gasteiger partial charge in [-0.1, -0.05) is 23.7 Å². The average Bonchev–Trinajstić information content (AvgIpc) is 2.95. The molecule has 0 aliphatic heterocycles. The number of rotatable bonds is 4. The number of aryl methyl sites for hydroxylation is 1. The van der Waals surface area contributed by atoms with Crippen LogP contribution in [0, 0.1) is 19.7 Å². The first-order valence-electron chi connectivity index (χ1n) is 8.42. The van der Waals surface area contributed by atoms with Crippen molar-refractivity contribution in [2.75, 3.05) is 0 Å². The van der Waals surface area contributed by atoms with Crippen molar-refractivity contribution in [3.8, 4) is 5.69 Å². The van der Waals surface area contributed by atoms with E-state index >= 15 is 0 Å². The number of hydrogen-bond acceptors (Lipinski definition) is 2. The molecule has 0 unspecified atom stereocenters. The second-order valence-electron chi connectivity index (χ2n) is 6.24. The summed E-state index contributed by atoms with van der Waals surface area (Å²) in [6, 6.07) is 15.2. The number of aromatic nitrogens is 1. The molecule has 1 heterocycles. The van der Waals surface area contributed by atoms with Gasteiger partial charge in [-0.15, -0.1) is 0 Å². The molecular formula is C21H19ClFN3O. The van der Waals surface area contributed by atoms with E-state index in [2.05, 4.69) is 10.5 Å². The molecule has 0 aliphatic rings. The summed E-state index contributed by atoms with van der Waals surface area (Å²) in [4.78, 5) is 12.6. The van der Waals surface area contributed by atoms with Gasteiger partial charge in [0.15, 0.2) is 0 Å². The van der Waals surface area contributed by atoms with Gasteiger partial charge in [0.05, 0.1) is 11.3 Å². The lowest BCUT2D eigenvalue weighted by molar-refractivity contribution is 0.0954. The van der Waals surface area contributed by atoms with Crippen LogP contribution >= 0.6 is 11.6 Å². The fraction of sp³-hybridized carbons (Fsp3) is 0.143. The van der Waals surface area contributed by atoms with Gasteiger partial charge < -0.3 is 4.57 Å². The van der Waals surface area contributed by atoms with Gasteiger partial charge in [-0.3, -0.25) is 4.79 Å². The van der Waals surface area contributed by atoms with Gasteiger partial charge in [0.1, 0.15) is 5.82 Å². The van der Waals surface area contributed by atoms with E-state index in [-0.39, 0.29) is 11.7 Å². The number of hydrogen-bond donors (Lipinski definition) is 1. The molecule has 4 nitrogen and oxygen atoms in total. The molecule has 3 rings (SSSR count). The van der Waals surface area contributed by atoms with E-state index < -0.39 is 0 Å². The van der Waals surface area contributed by atoms with Crippen LogP contribution in [0.3, 0.4) is 0 Å². The van der Waals surface area contributed by atoms with Crippen molar-refractivity contribution < 1.29 is 9.18 Å². The Hall–Kier alpha value is -2.92. The highest BCUT2D eigenvalue weighted by molar-refractivity contribution is 6.30. The summed E-state index contributed by atoms with van der Waals surface area (Å²) in [5, 5.41) is 4.82. The fourth-order valence-corrected chi connectivity index (χ4v) is 3.06. The van der Waals surface area contributed by atoms with Crippen molar-refractivity contribution in [1.29, 1.82) is 0 Å². The first-order valence-corrected chi connectivity index (χ1v) is 8.80. The first-order chi connectivity index (χ1) is 12.9. The quantitative estimate of drug-likeness (QED) is 0.498. The van der Waals surface area contributed by atoms with Crippen molar-refractivity contribution in [2.45, 2.75) is 20.8 Å². The van der Waals surface area contributed by atoms with Crippen molar-refractivity contribution >= 4 is 23.2 Å². The predicted octanol–water partition coefficient (Wildman–Crippen LogP) is 5.04. The molecule has 0 saturated carbocycles. The second-order valence-corrected chi connectivity index (χ2v) is 6.68. The molecule has 0 bridgehead atoms. The Morgan fingerprint density at radius 2 is 1.70 bits per heavy atom. The third-order valence-corrected chi connectivity index (χ3v) is 4.60. The largest absolute Gasteiger partial charge is 0.318 e. The van der Waals surface area contributed by atoms with Crippen LogP contribution in [0.5, 0.6) is 0 Å². The second kappa shape index (κ2) is 7.76. The molecular weight excluding hydrogens is 365 g/mol. The number of carbonyl (C=O) groups excluding carboxylic acids is 1. The Labute approximate surface area is 162 Å². The number of benzene rings is 2. The van der Waals surface area contributed by atoms with Gasteiger partial charge in [0.25, 0.3) is 5.91 Å². The van der Waals surface area contributed by atoms with E-state index in [0.29, 0.717) is 16.3 Å². The van der Waals surface area contributed by atoms with Crippen molar-refractivity contribution in [3.05, 3.63) is 88.0 Å². The zero-order valence-corrected chi connectivity index (χ0v) is 16.0. The molecule has 1 aromatic heterocycles. The number of halogens is 2. The lowest BCUT2D eigenvalue weighted by Gasteiger charge is -2.09. The van der Waals surface area contributed by atoms with Gasteiger partial charge in [-0.05, 0) is 68.8 Å². The normalized spacial score (nSPS) is 11.5. The molecule has 27 heavy (non-hydrogen) atoms. The Balaban J connectivity index is 1.83. The Morgan fingerprint density at radius 3 is 2.33 bits per heavy atom. The molecule has 2 aromatic carbocycles. The summed E-state index contributed by atoms with van der Waals surface area (Å²) in [5.74, 6) is -0.601. The van der Waals surface area contributed by atoms with E-state index in [1.807, 2.05) is 37.5 Å². The molecule has 0 spiro atoms. The minimum atomic E-state index is -0.301. The summed E-state index contributed by atoms with van der Waals surface area (Å²) in [5.41, 5.74) is 7.09. The topological polar surface area (TPSA) is 46.4 Å². The Bertz CT molecular complexity index is 1010. The molecule has 1 N–H and O–H groups in total. The van der Waals surface area contributed by atoms with Gasteiger partial charge in [-0.2, -0.15) is 5.10 Å². The summed E-state index contributed by atoms with van der Waals surface area (Å²) in [6.45, 7) is 5.56. The average molecular weight is 384 g/mol. The zero-order valence-electron chi connectivity index (χ0n) is 15.3. The van der Waals surface area contributed by atoms with Crippen LogP contribution in [0.1, 0.15) is 34.2 Å². The summed E-state index contributed by atoms with van der Waals surface area (Å²) < 4.78 is 15.1. The summed E-state index contributed by atoms with van der Waals surface area (Å²) in [6.07, 6.45) is 0. The minimum Gasteiger partial charge on any atom is -0.318 e. The van der Waals surface area contributed by atoms with Crippen LogP contribution in [-0.4, -0.2) is 16.2 Å². The third-order valence-electron chi connectivity index (χ3n) is 4.35. The van der Waals surface area contributed by atoms with Crippen LogP contribution in [0.15, 0.2) is 59.7 Å². The fourth-order valence-electron chi connectivity index (χ4n) is 2.93. The monoisotopic (exact) mass is 383 g/mol. The molecule has 0 radical (unpaired) electrons. The number of nitrogens with zero attached hydrogens (tertiary/aromatic N) is 2. The number of nitrogens with one attached hydrogen (secondary N) is 1. The zero-order chi connectivity index (χ0) is 19.6. The third kappa shape index (κ3) is 4.09. The maximum absolute atomic E-state index is 13.2. The Kier molecular flexibility index (Phi) is 5.42. The number of carbonyl (C=O) groups is 1. The summed E-state index contributed by atoms with van der Waals surface area (Å²) >= 11 is 5.88. The maximum Gasteiger partial charge on any atom is 0.273 e. The van der Waals surface area contributed by atoms with E-state index in [9.17, 15) is 9.18 Å². The first kappa shape index (κ1) is 18.9. The van der Waals surface area contributed by atoms with Crippen molar-refractivity contribution in [1.82, 2.24) is 9.99 Å². The van der Waals surface area contributed by atoms with Crippen LogP contribution in [-0.2, 0) is 0 Å². The number of amides is 1. The molecule has 0 fully saturated rings. The highest BCUT2D eigenvalue weighted by atomic mass is 35.5. The van der Waals surface area contributed by atoms with Crippen LogP contribution in [0.2, 0.25) is 5.02 Å². The molecule has 1 amide bonds. The molecule has 0 saturated heterocycles. The van der Waals surface area contributed by atoms with Crippen molar-refractivity contribution in [3.63, 3.8) is 0 Å². The lowest BCUT2D eigenvalue weighted by Crippen LogP contribution is -2.20. The molecule has 6 heteroatoms. The van der Waals surface area contributed by atoms with Crippen LogP contribution < -0.4 is 5.43 Å². The van der Waals surface area contributed by atoms with E-state index in [1.165, 1.54) is 12.1 Å².